The molecule has 2 aromatic rings. The van der Waals surface area contributed by atoms with Crippen LogP contribution in [0.25, 0.3) is 0 Å². The number of benzene rings is 2. The topological polar surface area (TPSA) is 12.0 Å². The molecule has 2 heteroatoms. The number of nitrogens with one attached hydrogen (secondary N) is 1. The molecule has 0 saturated carbocycles. The van der Waals surface area contributed by atoms with Crippen molar-refractivity contribution in [2.45, 2.75) is 32.9 Å². The van der Waals surface area contributed by atoms with Crippen molar-refractivity contribution in [2.24, 2.45) is 0 Å². The van der Waals surface area contributed by atoms with E-state index in [2.05, 4.69) is 31.3 Å². The monoisotopic (exact) mass is 257 g/mol. The minimum absolute atomic E-state index is 0.0178. The summed E-state index contributed by atoms with van der Waals surface area (Å²) in [5, 5.41) is 3.45. The molecule has 0 amide bonds. The first kappa shape index (κ1) is 13.8. The van der Waals surface area contributed by atoms with Crippen molar-refractivity contribution in [1.29, 1.82) is 0 Å². The van der Waals surface area contributed by atoms with Gasteiger partial charge in [-0.2, -0.15) is 0 Å². The van der Waals surface area contributed by atoms with Crippen LogP contribution in [0.3, 0.4) is 0 Å². The van der Waals surface area contributed by atoms with Gasteiger partial charge < -0.3 is 5.32 Å². The summed E-state index contributed by atoms with van der Waals surface area (Å²) in [6.07, 6.45) is 0. The second kappa shape index (κ2) is 5.98. The zero-order chi connectivity index (χ0) is 13.8. The molecule has 0 fully saturated rings. The molecule has 0 heterocycles. The molecule has 0 aromatic heterocycles. The van der Waals surface area contributed by atoms with E-state index in [1.807, 2.05) is 31.2 Å². The highest BCUT2D eigenvalue weighted by molar-refractivity contribution is 5.29. The van der Waals surface area contributed by atoms with Gasteiger partial charge in [0.15, 0.2) is 0 Å². The molecule has 2 aromatic carbocycles. The number of hydrogen-bond acceptors (Lipinski definition) is 1. The Morgan fingerprint density at radius 2 is 1.37 bits per heavy atom. The molecule has 0 radical (unpaired) electrons. The average molecular weight is 257 g/mol. The summed E-state index contributed by atoms with van der Waals surface area (Å²) in [5.74, 6) is -0.153. The van der Waals surface area contributed by atoms with Gasteiger partial charge in [0.05, 0.1) is 0 Å². The van der Waals surface area contributed by atoms with Crippen molar-refractivity contribution in [3.05, 3.63) is 71.0 Å². The van der Waals surface area contributed by atoms with Crippen LogP contribution in [-0.4, -0.2) is 0 Å². The van der Waals surface area contributed by atoms with Gasteiger partial charge in [-0.3, -0.25) is 0 Å². The first-order chi connectivity index (χ1) is 9.09. The number of hydrogen-bond donors (Lipinski definition) is 1. The van der Waals surface area contributed by atoms with Gasteiger partial charge in [-0.15, -0.1) is 0 Å². The number of rotatable bonds is 4. The highest BCUT2D eigenvalue weighted by Crippen LogP contribution is 2.23. The normalized spacial score (nSPS) is 14.1. The molecular weight excluding hydrogens is 237 g/mol. The predicted molar refractivity (Wildman–Crippen MR) is 77.5 cm³/mol. The molecule has 2 atom stereocenters. The minimum atomic E-state index is -0.153. The molecule has 0 aliphatic rings. The van der Waals surface area contributed by atoms with Gasteiger partial charge in [-0.25, -0.2) is 4.39 Å². The first-order valence-electron chi connectivity index (χ1n) is 6.65. The third-order valence-electron chi connectivity index (χ3n) is 3.53. The number of halogens is 1. The molecular formula is C17H20FN. The van der Waals surface area contributed by atoms with E-state index < -0.39 is 0 Å². The Bertz CT molecular complexity index is 501. The zero-order valence-electron chi connectivity index (χ0n) is 11.7. The highest BCUT2D eigenvalue weighted by Gasteiger charge is 2.14. The minimum Gasteiger partial charge on any atom is -0.304 e. The van der Waals surface area contributed by atoms with Crippen molar-refractivity contribution in [1.82, 2.24) is 5.32 Å². The smallest absolute Gasteiger partial charge is 0.127 e. The molecule has 100 valence electrons. The fourth-order valence-corrected chi connectivity index (χ4v) is 2.45. The van der Waals surface area contributed by atoms with Gasteiger partial charge in [0, 0.05) is 17.6 Å². The van der Waals surface area contributed by atoms with E-state index in [0.29, 0.717) is 5.56 Å². The van der Waals surface area contributed by atoms with E-state index in [1.54, 1.807) is 6.07 Å². The Balaban J connectivity index is 2.13. The Labute approximate surface area is 114 Å². The van der Waals surface area contributed by atoms with E-state index in [4.69, 9.17) is 0 Å². The summed E-state index contributed by atoms with van der Waals surface area (Å²) >= 11 is 0. The van der Waals surface area contributed by atoms with Crippen LogP contribution in [0.15, 0.2) is 48.5 Å². The van der Waals surface area contributed by atoms with Crippen LogP contribution < -0.4 is 5.32 Å². The van der Waals surface area contributed by atoms with Crippen LogP contribution in [0.2, 0.25) is 0 Å². The van der Waals surface area contributed by atoms with E-state index in [0.717, 1.165) is 0 Å². The largest absolute Gasteiger partial charge is 0.304 e. The fourth-order valence-electron chi connectivity index (χ4n) is 2.45. The third-order valence-corrected chi connectivity index (χ3v) is 3.53. The maximum atomic E-state index is 13.7. The summed E-state index contributed by atoms with van der Waals surface area (Å²) in [7, 11) is 0. The quantitative estimate of drug-likeness (QED) is 0.847. The molecule has 1 N–H and O–H groups in total. The molecule has 2 rings (SSSR count). The predicted octanol–water partition coefficient (Wildman–Crippen LogP) is 4.55. The van der Waals surface area contributed by atoms with Crippen LogP contribution >= 0.6 is 0 Å². The molecule has 19 heavy (non-hydrogen) atoms. The van der Waals surface area contributed by atoms with Crippen molar-refractivity contribution < 1.29 is 4.39 Å². The summed E-state index contributed by atoms with van der Waals surface area (Å²) in [5.41, 5.74) is 3.22. The lowest BCUT2D eigenvalue weighted by Gasteiger charge is -2.22. The standard InChI is InChI=1S/C17H20FN/c1-12-8-4-5-9-15(12)13(2)19-14(3)16-10-6-7-11-17(16)18/h4-11,13-14,19H,1-3H3/t13-,14?/m1/s1. The Morgan fingerprint density at radius 3 is 2.00 bits per heavy atom. The van der Waals surface area contributed by atoms with Gasteiger partial charge in [-0.05, 0) is 38.0 Å². The highest BCUT2D eigenvalue weighted by atomic mass is 19.1. The zero-order valence-corrected chi connectivity index (χ0v) is 11.7. The Morgan fingerprint density at radius 1 is 0.842 bits per heavy atom. The molecule has 0 aliphatic heterocycles. The van der Waals surface area contributed by atoms with Crippen LogP contribution in [0, 0.1) is 12.7 Å². The summed E-state index contributed by atoms with van der Waals surface area (Å²) < 4.78 is 13.7. The van der Waals surface area contributed by atoms with Gasteiger partial charge in [0.1, 0.15) is 5.82 Å². The molecule has 0 aliphatic carbocycles. The lowest BCUT2D eigenvalue weighted by atomic mass is 10.0. The van der Waals surface area contributed by atoms with Gasteiger partial charge in [0.2, 0.25) is 0 Å². The SMILES string of the molecule is Cc1ccccc1[C@@H](C)NC(C)c1ccccc1F. The van der Waals surface area contributed by atoms with Gasteiger partial charge in [0.25, 0.3) is 0 Å². The van der Waals surface area contributed by atoms with Crippen LogP contribution in [0.4, 0.5) is 4.39 Å². The summed E-state index contributed by atoms with van der Waals surface area (Å²) in [6, 6.07) is 15.4. The molecule has 1 nitrogen and oxygen atoms in total. The van der Waals surface area contributed by atoms with Crippen molar-refractivity contribution >= 4 is 0 Å². The molecule has 0 saturated heterocycles. The fraction of sp³-hybridized carbons (Fsp3) is 0.294. The maximum absolute atomic E-state index is 13.7. The average Bonchev–Trinajstić information content (AvgIpc) is 2.39. The second-order valence-corrected chi connectivity index (χ2v) is 4.99. The van der Waals surface area contributed by atoms with Gasteiger partial charge in [-0.1, -0.05) is 42.5 Å². The van der Waals surface area contributed by atoms with Crippen molar-refractivity contribution in [2.75, 3.05) is 0 Å². The van der Waals surface area contributed by atoms with Crippen molar-refractivity contribution in [3.63, 3.8) is 0 Å². The molecule has 0 spiro atoms. The summed E-state index contributed by atoms with van der Waals surface area (Å²) in [6.45, 7) is 6.20. The van der Waals surface area contributed by atoms with E-state index in [-0.39, 0.29) is 17.9 Å². The van der Waals surface area contributed by atoms with Crippen LogP contribution in [0.1, 0.15) is 42.6 Å². The maximum Gasteiger partial charge on any atom is 0.127 e. The third kappa shape index (κ3) is 3.21. The second-order valence-electron chi connectivity index (χ2n) is 4.99. The van der Waals surface area contributed by atoms with Crippen LogP contribution in [0.5, 0.6) is 0 Å². The Hall–Kier alpha value is -1.67. The van der Waals surface area contributed by atoms with E-state index in [1.165, 1.54) is 17.2 Å². The molecule has 0 bridgehead atoms. The van der Waals surface area contributed by atoms with Crippen LogP contribution in [-0.2, 0) is 0 Å². The van der Waals surface area contributed by atoms with Crippen molar-refractivity contribution in [3.8, 4) is 0 Å². The van der Waals surface area contributed by atoms with E-state index in [9.17, 15) is 4.39 Å². The molecule has 1 unspecified atom stereocenters. The van der Waals surface area contributed by atoms with E-state index >= 15 is 0 Å². The number of aryl methyl sites for hydroxylation is 1. The lowest BCUT2D eigenvalue weighted by molar-refractivity contribution is 0.473. The lowest BCUT2D eigenvalue weighted by Crippen LogP contribution is -2.23. The van der Waals surface area contributed by atoms with Gasteiger partial charge >= 0.3 is 0 Å². The Kier molecular flexibility index (Phi) is 4.33. The first-order valence-corrected chi connectivity index (χ1v) is 6.65. The summed E-state index contributed by atoms with van der Waals surface area (Å²) in [4.78, 5) is 0.